The SMILES string of the molecule is Cc1nn(C)c2nc(-c3cccs3)cc(C(=O)N3C[C@H]4CNC[C@H]4C3)c12. The monoisotopic (exact) mass is 367 g/mol. The van der Waals surface area contributed by atoms with E-state index in [1.54, 1.807) is 16.0 Å². The number of fused-ring (bicyclic) bond motifs is 2. The van der Waals surface area contributed by atoms with Gasteiger partial charge in [-0.1, -0.05) is 6.07 Å². The molecule has 0 unspecified atom stereocenters. The molecule has 26 heavy (non-hydrogen) atoms. The quantitative estimate of drug-likeness (QED) is 0.755. The second-order valence-electron chi connectivity index (χ2n) is 7.33. The van der Waals surface area contributed by atoms with E-state index in [1.807, 2.05) is 42.5 Å². The Morgan fingerprint density at radius 3 is 2.77 bits per heavy atom. The van der Waals surface area contributed by atoms with Crippen LogP contribution in [0.4, 0.5) is 0 Å². The molecule has 5 rings (SSSR count). The highest BCUT2D eigenvalue weighted by Gasteiger charge is 2.39. The van der Waals surface area contributed by atoms with Gasteiger partial charge in [-0.15, -0.1) is 11.3 Å². The van der Waals surface area contributed by atoms with Crippen LogP contribution in [0.25, 0.3) is 21.6 Å². The molecule has 0 spiro atoms. The van der Waals surface area contributed by atoms with Crippen LogP contribution in [0.5, 0.6) is 0 Å². The van der Waals surface area contributed by atoms with Crippen molar-refractivity contribution >= 4 is 28.3 Å². The molecule has 0 saturated carbocycles. The summed E-state index contributed by atoms with van der Waals surface area (Å²) < 4.78 is 1.78. The number of amides is 1. The van der Waals surface area contributed by atoms with Crippen molar-refractivity contribution < 1.29 is 4.79 Å². The van der Waals surface area contributed by atoms with Crippen LogP contribution in [-0.2, 0) is 7.05 Å². The van der Waals surface area contributed by atoms with Crippen molar-refractivity contribution in [2.75, 3.05) is 26.2 Å². The molecule has 2 aliphatic rings. The molecule has 0 radical (unpaired) electrons. The normalized spacial score (nSPS) is 22.3. The molecule has 3 aromatic rings. The predicted octanol–water partition coefficient (Wildman–Crippen LogP) is 2.30. The third-order valence-electron chi connectivity index (χ3n) is 5.65. The second-order valence-corrected chi connectivity index (χ2v) is 8.28. The topological polar surface area (TPSA) is 63.1 Å². The van der Waals surface area contributed by atoms with Crippen molar-refractivity contribution in [3.05, 3.63) is 34.8 Å². The van der Waals surface area contributed by atoms with Gasteiger partial charge in [-0.05, 0) is 36.3 Å². The molecule has 0 aliphatic carbocycles. The number of rotatable bonds is 2. The zero-order chi connectivity index (χ0) is 17.8. The number of carbonyl (C=O) groups excluding carboxylic acids is 1. The molecular weight excluding hydrogens is 346 g/mol. The van der Waals surface area contributed by atoms with Crippen LogP contribution in [0.15, 0.2) is 23.6 Å². The molecule has 5 heterocycles. The fourth-order valence-electron chi connectivity index (χ4n) is 4.36. The van der Waals surface area contributed by atoms with Crippen LogP contribution in [0, 0.1) is 18.8 Å². The third kappa shape index (κ3) is 2.38. The molecule has 2 aliphatic heterocycles. The molecule has 1 N–H and O–H groups in total. The van der Waals surface area contributed by atoms with E-state index < -0.39 is 0 Å². The number of aromatic nitrogens is 3. The van der Waals surface area contributed by atoms with E-state index in [9.17, 15) is 4.79 Å². The van der Waals surface area contributed by atoms with E-state index in [4.69, 9.17) is 4.98 Å². The highest BCUT2D eigenvalue weighted by atomic mass is 32.1. The second kappa shape index (κ2) is 5.89. The molecule has 6 nitrogen and oxygen atoms in total. The van der Waals surface area contributed by atoms with Crippen molar-refractivity contribution in [2.45, 2.75) is 6.92 Å². The summed E-state index contributed by atoms with van der Waals surface area (Å²) in [5, 5.41) is 10.9. The molecule has 3 aromatic heterocycles. The van der Waals surface area contributed by atoms with Crippen molar-refractivity contribution in [1.29, 1.82) is 0 Å². The minimum absolute atomic E-state index is 0.112. The first-order chi connectivity index (χ1) is 12.6. The molecule has 1 amide bonds. The van der Waals surface area contributed by atoms with E-state index in [-0.39, 0.29) is 5.91 Å². The van der Waals surface area contributed by atoms with Crippen LogP contribution in [0.2, 0.25) is 0 Å². The van der Waals surface area contributed by atoms with Crippen LogP contribution in [0.1, 0.15) is 16.1 Å². The number of nitrogens with one attached hydrogen (secondary N) is 1. The largest absolute Gasteiger partial charge is 0.338 e. The van der Waals surface area contributed by atoms with Crippen molar-refractivity contribution in [3.63, 3.8) is 0 Å². The molecule has 2 fully saturated rings. The van der Waals surface area contributed by atoms with E-state index >= 15 is 0 Å². The summed E-state index contributed by atoms with van der Waals surface area (Å²) in [5.41, 5.74) is 3.21. The maximum Gasteiger partial charge on any atom is 0.254 e. The summed E-state index contributed by atoms with van der Waals surface area (Å²) in [6.07, 6.45) is 0. The van der Waals surface area contributed by atoms with E-state index in [0.29, 0.717) is 11.8 Å². The fourth-order valence-corrected chi connectivity index (χ4v) is 5.04. The highest BCUT2D eigenvalue weighted by Crippen LogP contribution is 2.32. The van der Waals surface area contributed by atoms with E-state index in [2.05, 4.69) is 10.4 Å². The first kappa shape index (κ1) is 16.0. The Morgan fingerprint density at radius 1 is 1.31 bits per heavy atom. The Labute approximate surface area is 155 Å². The van der Waals surface area contributed by atoms with Crippen LogP contribution < -0.4 is 5.32 Å². The first-order valence-electron chi connectivity index (χ1n) is 9.00. The van der Waals surface area contributed by atoms with Gasteiger partial charge in [0, 0.05) is 33.2 Å². The maximum atomic E-state index is 13.4. The Kier molecular flexibility index (Phi) is 3.62. The average Bonchev–Trinajstić information content (AvgIpc) is 3.38. The van der Waals surface area contributed by atoms with Gasteiger partial charge in [0.2, 0.25) is 0 Å². The molecular formula is C19H21N5OS. The highest BCUT2D eigenvalue weighted by molar-refractivity contribution is 7.13. The van der Waals surface area contributed by atoms with Crippen LogP contribution in [0.3, 0.4) is 0 Å². The van der Waals surface area contributed by atoms with E-state index in [0.717, 1.165) is 59.0 Å². The first-order valence-corrected chi connectivity index (χ1v) is 9.88. The summed E-state index contributed by atoms with van der Waals surface area (Å²) in [7, 11) is 1.89. The van der Waals surface area contributed by atoms with Gasteiger partial charge in [0.05, 0.1) is 27.2 Å². The average molecular weight is 367 g/mol. The number of nitrogens with zero attached hydrogens (tertiary/aromatic N) is 4. The zero-order valence-electron chi connectivity index (χ0n) is 14.9. The zero-order valence-corrected chi connectivity index (χ0v) is 15.7. The molecule has 7 heteroatoms. The predicted molar refractivity (Wildman–Crippen MR) is 102 cm³/mol. The maximum absolute atomic E-state index is 13.4. The van der Waals surface area contributed by atoms with Gasteiger partial charge >= 0.3 is 0 Å². The molecule has 134 valence electrons. The summed E-state index contributed by atoms with van der Waals surface area (Å²) in [4.78, 5) is 21.3. The molecule has 0 aromatic carbocycles. The number of aryl methyl sites for hydroxylation is 2. The number of thiophene rings is 1. The van der Waals surface area contributed by atoms with Crippen molar-refractivity contribution in [1.82, 2.24) is 25.0 Å². The smallest absolute Gasteiger partial charge is 0.254 e. The van der Waals surface area contributed by atoms with E-state index in [1.165, 1.54) is 0 Å². The molecule has 2 saturated heterocycles. The minimum Gasteiger partial charge on any atom is -0.338 e. The van der Waals surface area contributed by atoms with Gasteiger partial charge in [0.15, 0.2) is 5.65 Å². The van der Waals surface area contributed by atoms with Gasteiger partial charge in [0.1, 0.15) is 0 Å². The lowest BCUT2D eigenvalue weighted by Crippen LogP contribution is -2.32. The van der Waals surface area contributed by atoms with Gasteiger partial charge in [-0.3, -0.25) is 9.48 Å². The number of hydrogen-bond acceptors (Lipinski definition) is 5. The molecule has 2 atom stereocenters. The lowest BCUT2D eigenvalue weighted by atomic mass is 10.0. The summed E-state index contributed by atoms with van der Waals surface area (Å²) in [6.45, 7) is 5.68. The lowest BCUT2D eigenvalue weighted by Gasteiger charge is -2.18. The Bertz CT molecular complexity index is 981. The number of likely N-dealkylation sites (tertiary alicyclic amines) is 1. The molecule has 0 bridgehead atoms. The standard InChI is InChI=1S/C19H21N5OS/c1-11-17-14(19(25)24-9-12-7-20-8-13(12)10-24)6-15(16-4-3-5-26-16)21-18(17)23(2)22-11/h3-6,12-13,20H,7-10H2,1-2H3/t12-,13+. The number of pyridine rings is 1. The number of hydrogen-bond donors (Lipinski definition) is 1. The van der Waals surface area contributed by atoms with Crippen molar-refractivity contribution in [3.8, 4) is 10.6 Å². The number of carbonyl (C=O) groups is 1. The Balaban J connectivity index is 1.62. The van der Waals surface area contributed by atoms with Crippen molar-refractivity contribution in [2.24, 2.45) is 18.9 Å². The summed E-state index contributed by atoms with van der Waals surface area (Å²) in [5.74, 6) is 1.28. The van der Waals surface area contributed by atoms with Gasteiger partial charge in [-0.25, -0.2) is 4.98 Å². The Hall–Kier alpha value is -2.25. The summed E-state index contributed by atoms with van der Waals surface area (Å²) >= 11 is 1.64. The lowest BCUT2D eigenvalue weighted by molar-refractivity contribution is 0.0783. The van der Waals surface area contributed by atoms with Crippen LogP contribution >= 0.6 is 11.3 Å². The van der Waals surface area contributed by atoms with Gasteiger partial charge in [0.25, 0.3) is 5.91 Å². The van der Waals surface area contributed by atoms with Gasteiger partial charge in [-0.2, -0.15) is 5.10 Å². The fraction of sp³-hybridized carbons (Fsp3) is 0.421. The summed E-state index contributed by atoms with van der Waals surface area (Å²) in [6, 6.07) is 6.01. The third-order valence-corrected chi connectivity index (χ3v) is 6.54. The minimum atomic E-state index is 0.112. The Morgan fingerprint density at radius 2 is 2.08 bits per heavy atom. The van der Waals surface area contributed by atoms with Gasteiger partial charge < -0.3 is 10.2 Å². The van der Waals surface area contributed by atoms with Crippen LogP contribution in [-0.4, -0.2) is 51.8 Å².